The summed E-state index contributed by atoms with van der Waals surface area (Å²) in [5.41, 5.74) is 3.55. The summed E-state index contributed by atoms with van der Waals surface area (Å²) >= 11 is 0. The Bertz CT molecular complexity index is 1220. The van der Waals surface area contributed by atoms with E-state index in [4.69, 9.17) is 0 Å². The van der Waals surface area contributed by atoms with Crippen LogP contribution in [0.4, 0.5) is 17.2 Å². The maximum Gasteiger partial charge on any atom is 0.275 e. The van der Waals surface area contributed by atoms with Crippen LogP contribution in [0, 0.1) is 0 Å². The van der Waals surface area contributed by atoms with Crippen molar-refractivity contribution in [2.75, 3.05) is 43.4 Å². The van der Waals surface area contributed by atoms with Crippen molar-refractivity contribution < 1.29 is 4.79 Å². The molecule has 1 amide bonds. The van der Waals surface area contributed by atoms with Gasteiger partial charge in [-0.05, 0) is 30.3 Å². The number of fused-ring (bicyclic) bond motifs is 1. The molecule has 0 spiro atoms. The van der Waals surface area contributed by atoms with Crippen molar-refractivity contribution in [2.45, 2.75) is 13.5 Å². The standard InChI is InChI=1S/C23H27N9O/c1-2-31-9-11-32(12-10-31)14-16-3-5-17(6-4-16)28-23(33)20-19(13-27-30-20)29-22-18-7-8-24-21(18)25-15-26-22/h3-8,13,15H,2,9-12,14H2,1H3,(H,27,30)(H,28,33)(H2,24,25,26,29). The van der Waals surface area contributed by atoms with E-state index in [0.29, 0.717) is 22.8 Å². The molecule has 1 aliphatic heterocycles. The Labute approximate surface area is 191 Å². The van der Waals surface area contributed by atoms with Gasteiger partial charge in [-0.25, -0.2) is 9.97 Å². The van der Waals surface area contributed by atoms with Crippen LogP contribution in [-0.4, -0.2) is 73.6 Å². The summed E-state index contributed by atoms with van der Waals surface area (Å²) in [6.07, 6.45) is 4.82. The van der Waals surface area contributed by atoms with Gasteiger partial charge in [0.15, 0.2) is 0 Å². The predicted molar refractivity (Wildman–Crippen MR) is 128 cm³/mol. The fourth-order valence-corrected chi connectivity index (χ4v) is 4.06. The smallest absolute Gasteiger partial charge is 0.275 e. The molecule has 4 aromatic rings. The first-order valence-corrected chi connectivity index (χ1v) is 11.1. The molecule has 10 heteroatoms. The molecule has 3 aromatic heterocycles. The first-order chi connectivity index (χ1) is 16.2. The zero-order chi connectivity index (χ0) is 22.6. The van der Waals surface area contributed by atoms with Crippen LogP contribution in [0.5, 0.6) is 0 Å². The second-order valence-corrected chi connectivity index (χ2v) is 8.11. The molecule has 10 nitrogen and oxygen atoms in total. The Morgan fingerprint density at radius 1 is 1.06 bits per heavy atom. The molecule has 0 bridgehead atoms. The maximum atomic E-state index is 12.9. The monoisotopic (exact) mass is 445 g/mol. The number of hydrogen-bond donors (Lipinski definition) is 4. The van der Waals surface area contributed by atoms with Crippen molar-refractivity contribution in [1.82, 2.24) is 34.9 Å². The zero-order valence-electron chi connectivity index (χ0n) is 18.5. The minimum absolute atomic E-state index is 0.280. The van der Waals surface area contributed by atoms with E-state index >= 15 is 0 Å². The number of nitrogens with zero attached hydrogens (tertiary/aromatic N) is 5. The number of likely N-dealkylation sites (N-methyl/N-ethyl adjacent to an activating group) is 1. The zero-order valence-corrected chi connectivity index (χ0v) is 18.5. The molecule has 1 fully saturated rings. The molecule has 0 radical (unpaired) electrons. The van der Waals surface area contributed by atoms with Crippen molar-refractivity contribution in [2.24, 2.45) is 0 Å². The van der Waals surface area contributed by atoms with Gasteiger partial charge in [0.05, 0.1) is 17.3 Å². The summed E-state index contributed by atoms with van der Waals surface area (Å²) in [7, 11) is 0. The highest BCUT2D eigenvalue weighted by molar-refractivity contribution is 6.07. The van der Waals surface area contributed by atoms with E-state index in [2.05, 4.69) is 64.6 Å². The van der Waals surface area contributed by atoms with Gasteiger partial charge in [-0.2, -0.15) is 5.10 Å². The average molecular weight is 446 g/mol. The van der Waals surface area contributed by atoms with Crippen LogP contribution in [-0.2, 0) is 6.54 Å². The van der Waals surface area contributed by atoms with Gasteiger partial charge in [-0.3, -0.25) is 14.8 Å². The number of aromatic nitrogens is 5. The highest BCUT2D eigenvalue weighted by Crippen LogP contribution is 2.24. The number of anilines is 3. The fraction of sp³-hybridized carbons (Fsp3) is 0.304. The van der Waals surface area contributed by atoms with Crippen LogP contribution in [0.25, 0.3) is 11.0 Å². The van der Waals surface area contributed by atoms with Gasteiger partial charge in [-0.1, -0.05) is 19.1 Å². The number of carbonyl (C=O) groups is 1. The van der Waals surface area contributed by atoms with E-state index in [1.165, 1.54) is 11.9 Å². The molecular formula is C23H27N9O. The third-order valence-electron chi connectivity index (χ3n) is 6.00. The lowest BCUT2D eigenvalue weighted by atomic mass is 10.1. The molecular weight excluding hydrogens is 418 g/mol. The number of carbonyl (C=O) groups excluding carboxylic acids is 1. The van der Waals surface area contributed by atoms with Gasteiger partial charge in [0.2, 0.25) is 0 Å². The largest absolute Gasteiger partial charge is 0.346 e. The van der Waals surface area contributed by atoms with Crippen molar-refractivity contribution in [3.63, 3.8) is 0 Å². The summed E-state index contributed by atoms with van der Waals surface area (Å²) in [6.45, 7) is 8.66. The predicted octanol–water partition coefficient (Wildman–Crippen LogP) is 2.81. The molecule has 0 atom stereocenters. The van der Waals surface area contributed by atoms with Crippen LogP contribution in [0.2, 0.25) is 0 Å². The fourth-order valence-electron chi connectivity index (χ4n) is 4.06. The van der Waals surface area contributed by atoms with Crippen molar-refractivity contribution >= 4 is 34.1 Å². The highest BCUT2D eigenvalue weighted by Gasteiger charge is 2.17. The molecule has 0 saturated carbocycles. The Kier molecular flexibility index (Phi) is 6.01. The Morgan fingerprint density at radius 2 is 1.85 bits per heavy atom. The van der Waals surface area contributed by atoms with Gasteiger partial charge in [0.1, 0.15) is 23.5 Å². The van der Waals surface area contributed by atoms with Gasteiger partial charge in [0, 0.05) is 44.6 Å². The van der Waals surface area contributed by atoms with Crippen molar-refractivity contribution in [3.05, 3.63) is 60.3 Å². The summed E-state index contributed by atoms with van der Waals surface area (Å²) < 4.78 is 0. The van der Waals surface area contributed by atoms with E-state index in [1.54, 1.807) is 12.4 Å². The van der Waals surface area contributed by atoms with Crippen molar-refractivity contribution in [1.29, 1.82) is 0 Å². The maximum absolute atomic E-state index is 12.9. The number of rotatable bonds is 7. The topological polar surface area (TPSA) is 118 Å². The van der Waals surface area contributed by atoms with E-state index < -0.39 is 0 Å². The number of H-pyrrole nitrogens is 2. The van der Waals surface area contributed by atoms with E-state index in [0.717, 1.165) is 50.3 Å². The molecule has 0 unspecified atom stereocenters. The number of hydrogen-bond acceptors (Lipinski definition) is 7. The Morgan fingerprint density at radius 3 is 2.64 bits per heavy atom. The highest BCUT2D eigenvalue weighted by atomic mass is 16.2. The number of nitrogens with one attached hydrogen (secondary N) is 4. The molecule has 5 rings (SSSR count). The normalized spacial score (nSPS) is 15.1. The second kappa shape index (κ2) is 9.39. The summed E-state index contributed by atoms with van der Waals surface area (Å²) in [4.78, 5) is 29.3. The quantitative estimate of drug-likeness (QED) is 0.345. The lowest BCUT2D eigenvalue weighted by Gasteiger charge is -2.34. The average Bonchev–Trinajstić information content (AvgIpc) is 3.51. The van der Waals surface area contributed by atoms with Crippen LogP contribution in [0.3, 0.4) is 0 Å². The molecule has 170 valence electrons. The molecule has 1 aromatic carbocycles. The third-order valence-corrected chi connectivity index (χ3v) is 6.00. The summed E-state index contributed by atoms with van der Waals surface area (Å²) in [5, 5.41) is 13.7. The SMILES string of the molecule is CCN1CCN(Cc2ccc(NC(=O)c3[nH]ncc3Nc3ncnc4[nH]ccc34)cc2)CC1. The van der Waals surface area contributed by atoms with E-state index in [1.807, 2.05) is 18.2 Å². The number of amides is 1. The number of aromatic amines is 2. The number of piperazine rings is 1. The molecule has 0 aliphatic carbocycles. The first-order valence-electron chi connectivity index (χ1n) is 11.1. The summed E-state index contributed by atoms with van der Waals surface area (Å²) in [5.74, 6) is 0.318. The van der Waals surface area contributed by atoms with Gasteiger partial charge in [-0.15, -0.1) is 0 Å². The minimum Gasteiger partial charge on any atom is -0.346 e. The minimum atomic E-state index is -0.280. The van der Waals surface area contributed by atoms with Crippen LogP contribution in [0.1, 0.15) is 23.0 Å². The van der Waals surface area contributed by atoms with Gasteiger partial charge in [0.25, 0.3) is 5.91 Å². The lowest BCUT2D eigenvalue weighted by Crippen LogP contribution is -2.45. The van der Waals surface area contributed by atoms with E-state index in [9.17, 15) is 4.79 Å². The van der Waals surface area contributed by atoms with Gasteiger partial charge >= 0.3 is 0 Å². The third kappa shape index (κ3) is 4.71. The molecule has 4 N–H and O–H groups in total. The molecule has 1 saturated heterocycles. The lowest BCUT2D eigenvalue weighted by molar-refractivity contribution is 0.102. The van der Waals surface area contributed by atoms with Crippen LogP contribution >= 0.6 is 0 Å². The molecule has 1 aliphatic rings. The summed E-state index contributed by atoms with van der Waals surface area (Å²) in [6, 6.07) is 9.89. The first kappa shape index (κ1) is 21.1. The molecule has 4 heterocycles. The van der Waals surface area contributed by atoms with Gasteiger partial charge < -0.3 is 20.5 Å². The Balaban J connectivity index is 1.22. The van der Waals surface area contributed by atoms with Crippen LogP contribution in [0.15, 0.2) is 49.1 Å². The second-order valence-electron chi connectivity index (χ2n) is 8.11. The van der Waals surface area contributed by atoms with Crippen LogP contribution < -0.4 is 10.6 Å². The molecule has 33 heavy (non-hydrogen) atoms. The van der Waals surface area contributed by atoms with E-state index in [-0.39, 0.29) is 5.91 Å². The number of benzene rings is 1. The van der Waals surface area contributed by atoms with Crippen molar-refractivity contribution in [3.8, 4) is 0 Å². The Hall–Kier alpha value is -3.76.